The molecule has 15 heteroatoms. The van der Waals surface area contributed by atoms with Crippen molar-refractivity contribution in [1.82, 2.24) is 29.0 Å². The molecule has 10 nitrogen and oxygen atoms in total. The fourth-order valence-corrected chi connectivity index (χ4v) is 4.78. The number of ether oxygens (including phenoxy) is 1. The van der Waals surface area contributed by atoms with Crippen LogP contribution in [0, 0.1) is 12.7 Å². The van der Waals surface area contributed by atoms with E-state index in [4.69, 9.17) is 14.0 Å². The van der Waals surface area contributed by atoms with Crippen LogP contribution >= 0.6 is 0 Å². The molecule has 1 aromatic carbocycles. The highest BCUT2D eigenvalue weighted by Gasteiger charge is 2.46. The number of piperidine rings is 1. The average Bonchev–Trinajstić information content (AvgIpc) is 3.38. The maximum atomic E-state index is 15.5. The van der Waals surface area contributed by atoms with Crippen molar-refractivity contribution >= 4 is 28.4 Å². The first-order valence-electron chi connectivity index (χ1n) is 13.2. The number of carbonyl (C=O) groups excluding carboxylic acids is 1. The molecule has 2 N–H and O–H groups in total. The molecule has 39 heavy (non-hydrogen) atoms. The van der Waals surface area contributed by atoms with Gasteiger partial charge < -0.3 is 24.6 Å². The molecule has 0 radical (unpaired) electrons. The highest BCUT2D eigenvalue weighted by molar-refractivity contribution is 5.90. The van der Waals surface area contributed by atoms with E-state index in [0.717, 1.165) is 15.6 Å². The molecule has 0 bridgehead atoms. The summed E-state index contributed by atoms with van der Waals surface area (Å²) in [7, 11) is -3.08. The number of amides is 1. The number of likely N-dealkylation sites (tertiary alicyclic amines) is 1. The number of benzene rings is 1. The van der Waals surface area contributed by atoms with Crippen LogP contribution < -0.4 is 10.1 Å². The van der Waals surface area contributed by atoms with E-state index in [1.165, 1.54) is 22.8 Å². The number of hydrogen-bond acceptors (Lipinski definition) is 7. The number of aryl methyl sites for hydroxylation is 1. The summed E-state index contributed by atoms with van der Waals surface area (Å²) >= 11 is 0. The van der Waals surface area contributed by atoms with Crippen molar-refractivity contribution in [3.63, 3.8) is 0 Å². The number of rotatable bonds is 7. The van der Waals surface area contributed by atoms with Gasteiger partial charge in [-0.3, -0.25) is 4.79 Å². The number of alkyl halides is 4. The lowest BCUT2D eigenvalue weighted by molar-refractivity contribution is -0.145. The molecule has 1 atom stereocenters. The highest BCUT2D eigenvalue weighted by Crippen LogP contribution is 2.36. The van der Waals surface area contributed by atoms with E-state index >= 15 is 4.39 Å². The SMILES string of the molecule is [2H]C([2H])([2H])Oc1nc(N[C@@H]2CCN(C(=O)CO)CC2(F)F)nn2cc(F)c(-c3ccc4nc(C)n(CC(F)F)c4c3)c12. The largest absolute Gasteiger partial charge is 0.479 e. The van der Waals surface area contributed by atoms with Gasteiger partial charge in [0.05, 0.1) is 53.1 Å². The monoisotopic (exact) mass is 556 g/mol. The van der Waals surface area contributed by atoms with E-state index in [2.05, 4.69) is 20.4 Å². The molecule has 1 amide bonds. The Balaban J connectivity index is 1.58. The highest BCUT2D eigenvalue weighted by atomic mass is 19.3. The molecule has 0 unspecified atom stereocenters. The van der Waals surface area contributed by atoms with E-state index in [-0.39, 0.29) is 35.1 Å². The second-order valence-electron chi connectivity index (χ2n) is 9.07. The standard InChI is InChI=1S/C24H24F5N7O3/c1-12-30-15-4-3-13(7-16(15)35(12)9-18(26)27)20-14(25)8-36-21(20)22(39-2)32-23(33-36)31-17-5-6-34(19(38)10-37)11-24(17,28)29/h3-4,7-8,17-18,37H,5-6,9-11H2,1-2H3,(H,31,33)/t17-/m1/s1/i2D3. The van der Waals surface area contributed by atoms with E-state index in [0.29, 0.717) is 11.3 Å². The van der Waals surface area contributed by atoms with Crippen molar-refractivity contribution in [2.45, 2.75) is 38.3 Å². The molecule has 1 aliphatic heterocycles. The normalized spacial score (nSPS) is 18.8. The Morgan fingerprint density at radius 3 is 2.85 bits per heavy atom. The Kier molecular flexibility index (Phi) is 5.85. The molecule has 4 aromatic rings. The van der Waals surface area contributed by atoms with Crippen LogP contribution in [-0.4, -0.2) is 85.2 Å². The molecule has 1 saturated heterocycles. The van der Waals surface area contributed by atoms with Gasteiger partial charge in [-0.05, 0) is 31.0 Å². The fraction of sp³-hybridized carbons (Fsp3) is 0.417. The van der Waals surface area contributed by atoms with Gasteiger partial charge in [0.15, 0.2) is 5.82 Å². The minimum atomic E-state index is -3.49. The van der Waals surface area contributed by atoms with Crippen LogP contribution in [0.5, 0.6) is 5.88 Å². The van der Waals surface area contributed by atoms with Crippen LogP contribution in [0.2, 0.25) is 0 Å². The van der Waals surface area contributed by atoms with Gasteiger partial charge in [-0.2, -0.15) is 4.98 Å². The van der Waals surface area contributed by atoms with Crippen molar-refractivity contribution in [2.75, 3.05) is 32.1 Å². The van der Waals surface area contributed by atoms with Gasteiger partial charge in [-0.25, -0.2) is 31.5 Å². The molecular weight excluding hydrogens is 529 g/mol. The number of aliphatic hydroxyl groups is 1. The van der Waals surface area contributed by atoms with Crippen LogP contribution in [0.3, 0.4) is 0 Å². The lowest BCUT2D eigenvalue weighted by atomic mass is 10.0. The molecule has 4 heterocycles. The van der Waals surface area contributed by atoms with Crippen LogP contribution in [0.1, 0.15) is 16.4 Å². The maximum Gasteiger partial charge on any atom is 0.285 e. The minimum absolute atomic E-state index is 0.111. The lowest BCUT2D eigenvalue weighted by Gasteiger charge is -2.38. The summed E-state index contributed by atoms with van der Waals surface area (Å²) in [5.74, 6) is -6.11. The topological polar surface area (TPSA) is 110 Å². The van der Waals surface area contributed by atoms with Gasteiger partial charge >= 0.3 is 0 Å². The number of halogens is 5. The summed E-state index contributed by atoms with van der Waals surface area (Å²) in [6.07, 6.45) is -2.09. The van der Waals surface area contributed by atoms with Gasteiger partial charge in [-0.15, -0.1) is 5.10 Å². The maximum absolute atomic E-state index is 15.5. The molecule has 1 fully saturated rings. The predicted octanol–water partition coefficient (Wildman–Crippen LogP) is 3.11. The van der Waals surface area contributed by atoms with Crippen molar-refractivity contribution < 1.29 is 40.7 Å². The van der Waals surface area contributed by atoms with Crippen LogP contribution in [0.4, 0.5) is 27.9 Å². The predicted molar refractivity (Wildman–Crippen MR) is 130 cm³/mol. The minimum Gasteiger partial charge on any atom is -0.479 e. The first-order chi connectivity index (χ1) is 19.7. The van der Waals surface area contributed by atoms with Crippen molar-refractivity contribution in [3.8, 4) is 17.0 Å². The molecule has 5 rings (SSSR count). The number of imidazole rings is 1. The van der Waals surface area contributed by atoms with Crippen LogP contribution in [-0.2, 0) is 11.3 Å². The average molecular weight is 557 g/mol. The molecule has 3 aromatic heterocycles. The number of fused-ring (bicyclic) bond motifs is 2. The van der Waals surface area contributed by atoms with E-state index in [1.54, 1.807) is 6.92 Å². The Morgan fingerprint density at radius 2 is 2.15 bits per heavy atom. The third-order valence-corrected chi connectivity index (χ3v) is 6.59. The van der Waals surface area contributed by atoms with Crippen molar-refractivity contribution in [1.29, 1.82) is 0 Å². The number of aromatic nitrogens is 5. The van der Waals surface area contributed by atoms with E-state index in [9.17, 15) is 22.4 Å². The van der Waals surface area contributed by atoms with E-state index in [1.807, 2.05) is 0 Å². The molecular formula is C24H24F5N7O3. The van der Waals surface area contributed by atoms with Gasteiger partial charge in [0.2, 0.25) is 17.7 Å². The quantitative estimate of drug-likeness (QED) is 0.337. The van der Waals surface area contributed by atoms with Crippen LogP contribution in [0.15, 0.2) is 24.4 Å². The second kappa shape index (κ2) is 9.94. The molecule has 0 spiro atoms. The smallest absolute Gasteiger partial charge is 0.285 e. The van der Waals surface area contributed by atoms with Crippen LogP contribution in [0.25, 0.3) is 27.7 Å². The molecule has 0 aliphatic carbocycles. The molecule has 208 valence electrons. The van der Waals surface area contributed by atoms with Crippen molar-refractivity contribution in [2.24, 2.45) is 0 Å². The van der Waals surface area contributed by atoms with Gasteiger partial charge in [0, 0.05) is 6.54 Å². The number of anilines is 1. The Morgan fingerprint density at radius 1 is 1.36 bits per heavy atom. The zero-order valence-corrected chi connectivity index (χ0v) is 20.3. The lowest BCUT2D eigenvalue weighted by Crippen LogP contribution is -2.56. The van der Waals surface area contributed by atoms with Gasteiger partial charge in [-0.1, -0.05) is 6.07 Å². The Bertz CT molecular complexity index is 1660. The summed E-state index contributed by atoms with van der Waals surface area (Å²) in [6, 6.07) is 2.75. The van der Waals surface area contributed by atoms with Gasteiger partial charge in [0.1, 0.15) is 17.9 Å². The number of aliphatic hydroxyl groups excluding tert-OH is 1. The van der Waals surface area contributed by atoms with Crippen molar-refractivity contribution in [3.05, 3.63) is 36.0 Å². The summed E-state index contributed by atoms with van der Waals surface area (Å²) in [5, 5.41) is 15.5. The first-order valence-corrected chi connectivity index (χ1v) is 11.7. The number of methoxy groups -OCH3 is 1. The third kappa shape index (κ3) is 4.82. The molecule has 0 saturated carbocycles. The fourth-order valence-electron chi connectivity index (χ4n) is 4.78. The third-order valence-electron chi connectivity index (χ3n) is 6.59. The summed E-state index contributed by atoms with van der Waals surface area (Å²) in [6.45, 7) is -1.14. The van der Waals surface area contributed by atoms with Gasteiger partial charge in [0.25, 0.3) is 12.3 Å². The number of hydrogen-bond donors (Lipinski definition) is 2. The zero-order valence-electron chi connectivity index (χ0n) is 23.3. The second-order valence-corrected chi connectivity index (χ2v) is 9.07. The summed E-state index contributed by atoms with van der Waals surface area (Å²) < 4.78 is 102. The number of nitrogens with one attached hydrogen (secondary N) is 1. The number of nitrogens with zero attached hydrogens (tertiary/aromatic N) is 6. The Hall–Kier alpha value is -4.01. The first kappa shape index (κ1) is 22.9. The summed E-state index contributed by atoms with van der Waals surface area (Å²) in [5.41, 5.74) is 0.321. The number of carbonyl (C=O) groups is 1. The summed E-state index contributed by atoms with van der Waals surface area (Å²) in [4.78, 5) is 20.7. The molecule has 1 aliphatic rings. The Labute approximate surface area is 222 Å². The van der Waals surface area contributed by atoms with E-state index < -0.39 is 68.7 Å². The zero-order chi connectivity index (χ0) is 30.6.